The third kappa shape index (κ3) is 4.56. The van der Waals surface area contributed by atoms with Gasteiger partial charge in [0.2, 0.25) is 5.95 Å². The van der Waals surface area contributed by atoms with E-state index in [4.69, 9.17) is 4.74 Å². The Morgan fingerprint density at radius 3 is 2.41 bits per heavy atom. The monoisotopic (exact) mass is 362 g/mol. The fraction of sp³-hybridized carbons (Fsp3) is 0.273. The predicted molar refractivity (Wildman–Crippen MR) is 112 cm³/mol. The summed E-state index contributed by atoms with van der Waals surface area (Å²) < 4.78 is 5.44. The number of ether oxygens (including phenoxy) is 1. The predicted octanol–water partition coefficient (Wildman–Crippen LogP) is 5.71. The average molecular weight is 362 g/mol. The van der Waals surface area contributed by atoms with E-state index in [0.717, 1.165) is 34.2 Å². The lowest BCUT2D eigenvalue weighted by atomic mass is 10.0. The van der Waals surface area contributed by atoms with Crippen LogP contribution in [0, 0.1) is 13.8 Å². The van der Waals surface area contributed by atoms with E-state index < -0.39 is 0 Å². The van der Waals surface area contributed by atoms with Gasteiger partial charge in [-0.15, -0.1) is 0 Å². The molecule has 1 aromatic heterocycles. The molecule has 5 nitrogen and oxygen atoms in total. The van der Waals surface area contributed by atoms with Crippen molar-refractivity contribution < 1.29 is 4.74 Å². The molecule has 2 N–H and O–H groups in total. The van der Waals surface area contributed by atoms with Crippen LogP contribution in [0.2, 0.25) is 0 Å². The molecule has 0 atom stereocenters. The Balaban J connectivity index is 1.91. The second-order valence-corrected chi connectivity index (χ2v) is 6.91. The summed E-state index contributed by atoms with van der Waals surface area (Å²) in [5.74, 6) is 2.46. The summed E-state index contributed by atoms with van der Waals surface area (Å²) in [6, 6.07) is 16.2. The van der Waals surface area contributed by atoms with Crippen LogP contribution < -0.4 is 15.4 Å². The molecule has 1 heterocycles. The molecule has 5 heteroatoms. The summed E-state index contributed by atoms with van der Waals surface area (Å²) in [6.07, 6.45) is 0. The quantitative estimate of drug-likeness (QED) is 0.588. The van der Waals surface area contributed by atoms with Crippen molar-refractivity contribution in [3.8, 4) is 5.75 Å². The van der Waals surface area contributed by atoms with Crippen LogP contribution >= 0.6 is 0 Å². The molecule has 0 saturated carbocycles. The lowest BCUT2D eigenvalue weighted by molar-refractivity contribution is 0.416. The number of aryl methyl sites for hydroxylation is 2. The van der Waals surface area contributed by atoms with Gasteiger partial charge in [0.1, 0.15) is 11.6 Å². The summed E-state index contributed by atoms with van der Waals surface area (Å²) >= 11 is 0. The number of methoxy groups -OCH3 is 1. The first-order valence-corrected chi connectivity index (χ1v) is 9.09. The maximum atomic E-state index is 5.44. The normalized spacial score (nSPS) is 10.7. The zero-order chi connectivity index (χ0) is 19.4. The van der Waals surface area contributed by atoms with Crippen LogP contribution in [-0.2, 0) is 0 Å². The van der Waals surface area contributed by atoms with E-state index in [9.17, 15) is 0 Å². The van der Waals surface area contributed by atoms with Crippen LogP contribution in [0.3, 0.4) is 0 Å². The molecular formula is C22H26N4O. The maximum absolute atomic E-state index is 5.44. The first-order valence-electron chi connectivity index (χ1n) is 9.09. The number of para-hydroxylation sites is 1. The molecule has 0 bridgehead atoms. The van der Waals surface area contributed by atoms with Crippen molar-refractivity contribution >= 4 is 23.1 Å². The number of nitrogens with zero attached hydrogens (tertiary/aromatic N) is 2. The van der Waals surface area contributed by atoms with E-state index in [1.54, 1.807) is 7.11 Å². The van der Waals surface area contributed by atoms with Crippen molar-refractivity contribution in [2.24, 2.45) is 0 Å². The van der Waals surface area contributed by atoms with E-state index >= 15 is 0 Å². The third-order valence-corrected chi connectivity index (χ3v) is 4.30. The Hall–Kier alpha value is -3.08. The van der Waals surface area contributed by atoms with Gasteiger partial charge < -0.3 is 15.4 Å². The zero-order valence-electron chi connectivity index (χ0n) is 16.5. The van der Waals surface area contributed by atoms with Gasteiger partial charge in [-0.05, 0) is 49.1 Å². The standard InChI is InChI=1S/C22H26N4O/c1-14(2)17-8-6-7-9-18(17)24-21-13-16(4)23-22(26-21)25-19-12-15(3)10-11-20(19)27-5/h6-14H,1-5H3,(H2,23,24,25,26). The van der Waals surface area contributed by atoms with Crippen molar-refractivity contribution in [2.75, 3.05) is 17.7 Å². The number of nitrogens with one attached hydrogen (secondary N) is 2. The highest BCUT2D eigenvalue weighted by Crippen LogP contribution is 2.29. The fourth-order valence-corrected chi connectivity index (χ4v) is 2.98. The molecule has 0 fully saturated rings. The van der Waals surface area contributed by atoms with Crippen molar-refractivity contribution in [3.63, 3.8) is 0 Å². The highest BCUT2D eigenvalue weighted by molar-refractivity contribution is 5.66. The van der Waals surface area contributed by atoms with Crippen LogP contribution in [0.25, 0.3) is 0 Å². The molecule has 0 amide bonds. The molecule has 0 spiro atoms. The molecule has 3 aromatic rings. The largest absolute Gasteiger partial charge is 0.495 e. The van der Waals surface area contributed by atoms with Gasteiger partial charge in [-0.25, -0.2) is 4.98 Å². The van der Waals surface area contributed by atoms with Crippen LogP contribution in [0.15, 0.2) is 48.5 Å². The molecule has 0 radical (unpaired) electrons. The Bertz CT molecular complexity index is 937. The maximum Gasteiger partial charge on any atom is 0.229 e. The van der Waals surface area contributed by atoms with Gasteiger partial charge in [-0.1, -0.05) is 38.1 Å². The molecule has 140 valence electrons. The number of hydrogen-bond donors (Lipinski definition) is 2. The first-order chi connectivity index (χ1) is 13.0. The molecule has 3 rings (SSSR count). The van der Waals surface area contributed by atoms with Gasteiger partial charge >= 0.3 is 0 Å². The summed E-state index contributed by atoms with van der Waals surface area (Å²) in [5.41, 5.74) is 5.17. The van der Waals surface area contributed by atoms with Gasteiger partial charge in [0.25, 0.3) is 0 Å². The summed E-state index contributed by atoms with van der Waals surface area (Å²) in [7, 11) is 1.66. The fourth-order valence-electron chi connectivity index (χ4n) is 2.98. The lowest BCUT2D eigenvalue weighted by Crippen LogP contribution is -2.05. The Kier molecular flexibility index (Phi) is 5.60. The van der Waals surface area contributed by atoms with Gasteiger partial charge in [0.05, 0.1) is 12.8 Å². The van der Waals surface area contributed by atoms with E-state index in [1.807, 2.05) is 44.2 Å². The second-order valence-electron chi connectivity index (χ2n) is 6.91. The molecule has 0 saturated heterocycles. The molecule has 27 heavy (non-hydrogen) atoms. The number of anilines is 4. The molecule has 0 aliphatic carbocycles. The van der Waals surface area contributed by atoms with Crippen molar-refractivity contribution in [1.29, 1.82) is 0 Å². The average Bonchev–Trinajstić information content (AvgIpc) is 2.61. The topological polar surface area (TPSA) is 59.1 Å². The summed E-state index contributed by atoms with van der Waals surface area (Å²) in [6.45, 7) is 8.36. The summed E-state index contributed by atoms with van der Waals surface area (Å²) in [5, 5.41) is 6.72. The Labute approximate surface area is 160 Å². The number of hydrogen-bond acceptors (Lipinski definition) is 5. The van der Waals surface area contributed by atoms with Crippen molar-refractivity contribution in [3.05, 3.63) is 65.4 Å². The minimum Gasteiger partial charge on any atom is -0.495 e. The molecular weight excluding hydrogens is 336 g/mol. The van der Waals surface area contributed by atoms with Crippen LogP contribution in [0.1, 0.15) is 36.6 Å². The molecule has 2 aromatic carbocycles. The zero-order valence-corrected chi connectivity index (χ0v) is 16.5. The first kappa shape index (κ1) is 18.7. The van der Waals surface area contributed by atoms with Crippen LogP contribution in [0.4, 0.5) is 23.1 Å². The Morgan fingerprint density at radius 2 is 1.67 bits per heavy atom. The van der Waals surface area contributed by atoms with E-state index in [-0.39, 0.29) is 0 Å². The van der Waals surface area contributed by atoms with Crippen molar-refractivity contribution in [2.45, 2.75) is 33.6 Å². The lowest BCUT2D eigenvalue weighted by Gasteiger charge is -2.16. The van der Waals surface area contributed by atoms with Gasteiger partial charge in [-0.3, -0.25) is 0 Å². The molecule has 0 aliphatic heterocycles. The number of benzene rings is 2. The smallest absolute Gasteiger partial charge is 0.229 e. The molecule has 0 aliphatic rings. The van der Waals surface area contributed by atoms with E-state index in [1.165, 1.54) is 5.56 Å². The Morgan fingerprint density at radius 1 is 0.889 bits per heavy atom. The highest BCUT2D eigenvalue weighted by atomic mass is 16.5. The van der Waals surface area contributed by atoms with Gasteiger partial charge in [-0.2, -0.15) is 4.98 Å². The van der Waals surface area contributed by atoms with Crippen LogP contribution in [-0.4, -0.2) is 17.1 Å². The van der Waals surface area contributed by atoms with E-state index in [2.05, 4.69) is 52.6 Å². The SMILES string of the molecule is COc1ccc(C)cc1Nc1nc(C)cc(Nc2ccccc2C(C)C)n1. The minimum atomic E-state index is 0.422. The number of rotatable bonds is 6. The second kappa shape index (κ2) is 8.08. The van der Waals surface area contributed by atoms with Crippen LogP contribution in [0.5, 0.6) is 5.75 Å². The van der Waals surface area contributed by atoms with Crippen molar-refractivity contribution in [1.82, 2.24) is 9.97 Å². The minimum absolute atomic E-state index is 0.422. The third-order valence-electron chi connectivity index (χ3n) is 4.30. The molecule has 0 unspecified atom stereocenters. The van der Waals surface area contributed by atoms with Gasteiger partial charge in [0, 0.05) is 17.4 Å². The number of aromatic nitrogens is 2. The van der Waals surface area contributed by atoms with Gasteiger partial charge in [0.15, 0.2) is 0 Å². The summed E-state index contributed by atoms with van der Waals surface area (Å²) in [4.78, 5) is 9.16. The highest BCUT2D eigenvalue weighted by Gasteiger charge is 2.10. The van der Waals surface area contributed by atoms with E-state index in [0.29, 0.717) is 11.9 Å².